The van der Waals surface area contributed by atoms with Crippen LogP contribution in [0.15, 0.2) is 11.1 Å². The minimum atomic E-state index is -0.865. The minimum Gasteiger partial charge on any atom is -0.481 e. The van der Waals surface area contributed by atoms with E-state index in [1.807, 2.05) is 13.8 Å². The molecule has 0 heterocycles. The van der Waals surface area contributed by atoms with Gasteiger partial charge in [0.2, 0.25) is 0 Å². The Balaban J connectivity index is 2.78. The summed E-state index contributed by atoms with van der Waals surface area (Å²) in [6.07, 6.45) is 1.46. The Morgan fingerprint density at radius 1 is 1.47 bits per heavy atom. The molecule has 84 valence electrons. The number of carboxylic acid groups (broad SMARTS) is 1. The van der Waals surface area contributed by atoms with Crippen molar-refractivity contribution in [2.24, 2.45) is 17.3 Å². The molecule has 2 unspecified atom stereocenters. The molecule has 0 saturated heterocycles. The maximum atomic E-state index is 11.0. The Kier molecular flexibility index (Phi) is 3.09. The van der Waals surface area contributed by atoms with Crippen LogP contribution in [-0.4, -0.2) is 24.2 Å². The number of carbonyl (C=O) groups is 2. The largest absolute Gasteiger partial charge is 0.481 e. The molecule has 1 rings (SSSR count). The number of carbonyl (C=O) groups excluding carboxylic acids is 1. The zero-order chi connectivity index (χ0) is 11.8. The molecule has 0 radical (unpaired) electrons. The lowest BCUT2D eigenvalue weighted by Gasteiger charge is -1.98. The summed E-state index contributed by atoms with van der Waals surface area (Å²) in [4.78, 5) is 21.8. The van der Waals surface area contributed by atoms with Crippen molar-refractivity contribution in [3.63, 3.8) is 0 Å². The fourth-order valence-electron chi connectivity index (χ4n) is 1.78. The monoisotopic (exact) mass is 232 g/mol. The highest BCUT2D eigenvalue weighted by molar-refractivity contribution is 6.41. The van der Waals surface area contributed by atoms with Gasteiger partial charge in [0.15, 0.2) is 0 Å². The Bertz CT molecular complexity index is 332. The number of halogens is 1. The zero-order valence-electron chi connectivity index (χ0n) is 8.78. The summed E-state index contributed by atoms with van der Waals surface area (Å²) in [7, 11) is 1.23. The van der Waals surface area contributed by atoms with Crippen molar-refractivity contribution >= 4 is 23.5 Å². The summed E-state index contributed by atoms with van der Waals surface area (Å²) in [5.74, 6) is -2.18. The standard InChI is InChI=1S/C10H13ClO4/c1-10(2)5(7(10)8(12)13)4-6(11)9(14)15-3/h4-5,7H,1-3H3,(H,12,13)/b6-4+. The molecular formula is C10H13ClO4. The molecule has 5 heteroatoms. The number of ether oxygens (including phenoxy) is 1. The number of carboxylic acids is 1. The highest BCUT2D eigenvalue weighted by atomic mass is 35.5. The second kappa shape index (κ2) is 3.85. The first kappa shape index (κ1) is 12.0. The number of hydrogen-bond donors (Lipinski definition) is 1. The molecule has 0 bridgehead atoms. The molecule has 0 spiro atoms. The van der Waals surface area contributed by atoms with E-state index in [0.29, 0.717) is 0 Å². The average Bonchev–Trinajstić information content (AvgIpc) is 2.66. The van der Waals surface area contributed by atoms with Crippen molar-refractivity contribution in [2.75, 3.05) is 7.11 Å². The predicted octanol–water partition coefficient (Wildman–Crippen LogP) is 1.64. The minimum absolute atomic E-state index is 0.0562. The molecule has 0 aromatic rings. The fraction of sp³-hybridized carbons (Fsp3) is 0.600. The van der Waals surface area contributed by atoms with Crippen LogP contribution < -0.4 is 0 Å². The van der Waals surface area contributed by atoms with Gasteiger partial charge in [-0.05, 0) is 11.3 Å². The second-order valence-corrected chi connectivity index (χ2v) is 4.58. The van der Waals surface area contributed by atoms with E-state index in [4.69, 9.17) is 16.7 Å². The van der Waals surface area contributed by atoms with Gasteiger partial charge in [-0.15, -0.1) is 0 Å². The van der Waals surface area contributed by atoms with Gasteiger partial charge in [0.1, 0.15) is 5.03 Å². The Morgan fingerprint density at radius 2 is 2.00 bits per heavy atom. The first-order valence-electron chi connectivity index (χ1n) is 4.50. The zero-order valence-corrected chi connectivity index (χ0v) is 9.54. The van der Waals surface area contributed by atoms with E-state index >= 15 is 0 Å². The van der Waals surface area contributed by atoms with E-state index in [1.54, 1.807) is 0 Å². The molecular weight excluding hydrogens is 220 g/mol. The Morgan fingerprint density at radius 3 is 2.33 bits per heavy atom. The first-order chi connectivity index (χ1) is 6.82. The van der Waals surface area contributed by atoms with Gasteiger partial charge < -0.3 is 9.84 Å². The maximum Gasteiger partial charge on any atom is 0.349 e. The summed E-state index contributed by atoms with van der Waals surface area (Å²) < 4.78 is 4.42. The van der Waals surface area contributed by atoms with Gasteiger partial charge in [-0.2, -0.15) is 0 Å². The smallest absolute Gasteiger partial charge is 0.349 e. The molecule has 15 heavy (non-hydrogen) atoms. The third kappa shape index (κ3) is 2.15. The lowest BCUT2D eigenvalue weighted by atomic mass is 10.1. The van der Waals surface area contributed by atoms with Gasteiger partial charge in [0.25, 0.3) is 0 Å². The molecule has 1 N–H and O–H groups in total. The molecule has 0 aromatic carbocycles. The molecule has 1 fully saturated rings. The van der Waals surface area contributed by atoms with Crippen molar-refractivity contribution in [2.45, 2.75) is 13.8 Å². The van der Waals surface area contributed by atoms with Crippen molar-refractivity contribution < 1.29 is 19.4 Å². The summed E-state index contributed by atoms with van der Waals surface area (Å²) >= 11 is 5.66. The van der Waals surface area contributed by atoms with Crippen LogP contribution in [0.3, 0.4) is 0 Å². The van der Waals surface area contributed by atoms with Crippen molar-refractivity contribution in [1.82, 2.24) is 0 Å². The van der Waals surface area contributed by atoms with Gasteiger partial charge in [0, 0.05) is 0 Å². The quantitative estimate of drug-likeness (QED) is 0.594. The van der Waals surface area contributed by atoms with E-state index in [0.717, 1.165) is 0 Å². The summed E-state index contributed by atoms with van der Waals surface area (Å²) in [5, 5.41) is 8.82. The fourth-order valence-corrected chi connectivity index (χ4v) is 2.00. The van der Waals surface area contributed by atoms with Gasteiger partial charge in [-0.25, -0.2) is 4.79 Å². The molecule has 0 aliphatic heterocycles. The van der Waals surface area contributed by atoms with E-state index in [-0.39, 0.29) is 16.4 Å². The number of esters is 1. The highest BCUT2D eigenvalue weighted by Gasteiger charge is 2.61. The number of aliphatic carboxylic acids is 1. The van der Waals surface area contributed by atoms with Crippen LogP contribution in [0, 0.1) is 17.3 Å². The normalized spacial score (nSPS) is 28.4. The van der Waals surface area contributed by atoms with Gasteiger partial charge in [-0.1, -0.05) is 31.5 Å². The lowest BCUT2D eigenvalue weighted by molar-refractivity contribution is -0.139. The number of rotatable bonds is 3. The highest BCUT2D eigenvalue weighted by Crippen LogP contribution is 2.59. The molecule has 4 nitrogen and oxygen atoms in total. The SMILES string of the molecule is COC(=O)/C(Cl)=C\C1C(C(=O)O)C1(C)C. The van der Waals surface area contributed by atoms with Crippen molar-refractivity contribution in [1.29, 1.82) is 0 Å². The maximum absolute atomic E-state index is 11.0. The third-order valence-corrected chi connectivity index (χ3v) is 3.16. The van der Waals surface area contributed by atoms with E-state index in [9.17, 15) is 9.59 Å². The molecule has 2 atom stereocenters. The molecule has 1 aliphatic rings. The van der Waals surface area contributed by atoms with E-state index in [2.05, 4.69) is 4.74 Å². The van der Waals surface area contributed by atoms with Crippen LogP contribution in [0.25, 0.3) is 0 Å². The van der Waals surface area contributed by atoms with Gasteiger partial charge >= 0.3 is 11.9 Å². The van der Waals surface area contributed by atoms with Crippen LogP contribution >= 0.6 is 11.6 Å². The number of hydrogen-bond acceptors (Lipinski definition) is 3. The van der Waals surface area contributed by atoms with Crippen LogP contribution in [0.4, 0.5) is 0 Å². The van der Waals surface area contributed by atoms with Gasteiger partial charge in [0.05, 0.1) is 13.0 Å². The van der Waals surface area contributed by atoms with Crippen LogP contribution in [-0.2, 0) is 14.3 Å². The van der Waals surface area contributed by atoms with Crippen LogP contribution in [0.5, 0.6) is 0 Å². The predicted molar refractivity (Wildman–Crippen MR) is 54.3 cm³/mol. The van der Waals surface area contributed by atoms with Gasteiger partial charge in [-0.3, -0.25) is 4.79 Å². The topological polar surface area (TPSA) is 63.6 Å². The van der Waals surface area contributed by atoms with Crippen molar-refractivity contribution in [3.8, 4) is 0 Å². The Hall–Kier alpha value is -1.03. The molecule has 0 aromatic heterocycles. The first-order valence-corrected chi connectivity index (χ1v) is 4.88. The number of allylic oxidation sites excluding steroid dienone is 1. The molecule has 1 aliphatic carbocycles. The molecule has 0 amide bonds. The average molecular weight is 233 g/mol. The summed E-state index contributed by atoms with van der Waals surface area (Å²) in [5.41, 5.74) is -0.347. The van der Waals surface area contributed by atoms with E-state index in [1.165, 1.54) is 13.2 Å². The second-order valence-electron chi connectivity index (χ2n) is 4.17. The number of methoxy groups -OCH3 is 1. The Labute approximate surface area is 92.9 Å². The summed E-state index contributed by atoms with van der Waals surface area (Å²) in [6.45, 7) is 3.66. The third-order valence-electron chi connectivity index (χ3n) is 2.88. The van der Waals surface area contributed by atoms with Crippen molar-refractivity contribution in [3.05, 3.63) is 11.1 Å². The van der Waals surface area contributed by atoms with Crippen LogP contribution in [0.1, 0.15) is 13.8 Å². The van der Waals surface area contributed by atoms with E-state index < -0.39 is 17.9 Å². The lowest BCUT2D eigenvalue weighted by Crippen LogP contribution is -2.03. The van der Waals surface area contributed by atoms with Crippen LogP contribution in [0.2, 0.25) is 0 Å². The molecule has 1 saturated carbocycles. The summed E-state index contributed by atoms with van der Waals surface area (Å²) in [6, 6.07) is 0.